The normalized spacial score (nSPS) is 43.3. The van der Waals surface area contributed by atoms with E-state index >= 15 is 0 Å². The molecule has 3 rings (SSSR count). The second-order valence-corrected chi connectivity index (χ2v) is 7.02. The first-order chi connectivity index (χ1) is 11.0. The summed E-state index contributed by atoms with van der Waals surface area (Å²) >= 11 is 0. The van der Waals surface area contributed by atoms with Crippen molar-refractivity contribution in [3.63, 3.8) is 0 Å². The zero-order valence-electron chi connectivity index (χ0n) is 14.1. The van der Waals surface area contributed by atoms with Crippen molar-refractivity contribution in [3.8, 4) is 12.1 Å². The SMILES string of the molecule is CCCC1CCC2(CC1)[C@@]1(C#N)C(OC)(OC)N=C(N)[C@@]21C#N. The molecule has 23 heavy (non-hydrogen) atoms. The summed E-state index contributed by atoms with van der Waals surface area (Å²) in [5, 5.41) is 20.0. The van der Waals surface area contributed by atoms with Gasteiger partial charge >= 0.3 is 0 Å². The van der Waals surface area contributed by atoms with Gasteiger partial charge in [-0.25, -0.2) is 4.99 Å². The lowest BCUT2D eigenvalue weighted by atomic mass is 9.71. The second kappa shape index (κ2) is 4.93. The molecule has 0 unspecified atom stereocenters. The summed E-state index contributed by atoms with van der Waals surface area (Å²) in [6, 6.07) is 4.72. The van der Waals surface area contributed by atoms with Gasteiger partial charge in [-0.1, -0.05) is 19.8 Å². The molecule has 2 atom stereocenters. The first kappa shape index (κ1) is 16.2. The zero-order valence-corrected chi connectivity index (χ0v) is 14.1. The molecule has 1 spiro atoms. The van der Waals surface area contributed by atoms with Gasteiger partial charge in [-0.05, 0) is 31.6 Å². The summed E-state index contributed by atoms with van der Waals surface area (Å²) in [5.41, 5.74) is 3.43. The molecule has 0 radical (unpaired) electrons. The molecule has 3 aliphatic rings. The van der Waals surface area contributed by atoms with Crippen LogP contribution in [0.2, 0.25) is 0 Å². The van der Waals surface area contributed by atoms with Gasteiger partial charge in [0, 0.05) is 19.6 Å². The number of aliphatic imine (C=N–C) groups is 1. The highest BCUT2D eigenvalue weighted by atomic mass is 16.7. The second-order valence-electron chi connectivity index (χ2n) is 7.02. The Bertz CT molecular complexity index is 619. The van der Waals surface area contributed by atoms with E-state index in [-0.39, 0.29) is 5.84 Å². The number of hydrogen-bond donors (Lipinski definition) is 1. The Kier molecular flexibility index (Phi) is 3.48. The monoisotopic (exact) mass is 316 g/mol. The molecule has 0 amide bonds. The molecular weight excluding hydrogens is 292 g/mol. The largest absolute Gasteiger partial charge is 0.386 e. The van der Waals surface area contributed by atoms with Crippen molar-refractivity contribution in [1.29, 1.82) is 10.5 Å². The Morgan fingerprint density at radius 1 is 1.22 bits per heavy atom. The van der Waals surface area contributed by atoms with E-state index in [1.165, 1.54) is 20.6 Å². The maximum Gasteiger partial charge on any atom is 0.292 e. The number of nitrogens with two attached hydrogens (primary N) is 1. The van der Waals surface area contributed by atoms with E-state index in [2.05, 4.69) is 24.1 Å². The number of amidine groups is 1. The van der Waals surface area contributed by atoms with Gasteiger partial charge in [0.2, 0.25) is 0 Å². The molecule has 1 aliphatic heterocycles. The van der Waals surface area contributed by atoms with Gasteiger partial charge in [0.15, 0.2) is 5.41 Å². The lowest BCUT2D eigenvalue weighted by Gasteiger charge is -2.37. The number of ether oxygens (including phenoxy) is 2. The summed E-state index contributed by atoms with van der Waals surface area (Å²) in [6.07, 6.45) is 5.97. The lowest BCUT2D eigenvalue weighted by molar-refractivity contribution is -0.238. The molecule has 0 saturated heterocycles. The van der Waals surface area contributed by atoms with Crippen LogP contribution < -0.4 is 5.73 Å². The van der Waals surface area contributed by atoms with Crippen LogP contribution in [0.4, 0.5) is 0 Å². The molecule has 6 heteroatoms. The molecule has 0 aromatic heterocycles. The molecule has 2 fully saturated rings. The van der Waals surface area contributed by atoms with Gasteiger partial charge in [-0.2, -0.15) is 10.5 Å². The minimum atomic E-state index is -1.47. The minimum absolute atomic E-state index is 0.194. The van der Waals surface area contributed by atoms with Crippen molar-refractivity contribution in [2.45, 2.75) is 51.4 Å². The van der Waals surface area contributed by atoms with E-state index in [0.29, 0.717) is 5.92 Å². The average molecular weight is 316 g/mol. The van der Waals surface area contributed by atoms with Crippen molar-refractivity contribution < 1.29 is 9.47 Å². The third-order valence-corrected chi connectivity index (χ3v) is 6.61. The van der Waals surface area contributed by atoms with Crippen molar-refractivity contribution in [1.82, 2.24) is 0 Å². The smallest absolute Gasteiger partial charge is 0.292 e. The van der Waals surface area contributed by atoms with Crippen molar-refractivity contribution in [3.05, 3.63) is 0 Å². The number of methoxy groups -OCH3 is 2. The van der Waals surface area contributed by atoms with Gasteiger partial charge < -0.3 is 15.2 Å². The first-order valence-electron chi connectivity index (χ1n) is 8.30. The summed E-state index contributed by atoms with van der Waals surface area (Å²) in [4.78, 5) is 4.28. The van der Waals surface area contributed by atoms with Crippen molar-refractivity contribution in [2.75, 3.05) is 14.2 Å². The zero-order chi connectivity index (χ0) is 16.9. The molecule has 1 heterocycles. The molecule has 2 saturated carbocycles. The first-order valence-corrected chi connectivity index (χ1v) is 8.30. The van der Waals surface area contributed by atoms with Crippen LogP contribution in [0.1, 0.15) is 45.4 Å². The van der Waals surface area contributed by atoms with Crippen molar-refractivity contribution in [2.24, 2.45) is 32.9 Å². The fourth-order valence-corrected chi connectivity index (χ4v) is 5.60. The van der Waals surface area contributed by atoms with Crippen LogP contribution in [-0.4, -0.2) is 26.0 Å². The topological polar surface area (TPSA) is 104 Å². The Morgan fingerprint density at radius 3 is 2.26 bits per heavy atom. The fourth-order valence-electron chi connectivity index (χ4n) is 5.60. The maximum absolute atomic E-state index is 10.1. The van der Waals surface area contributed by atoms with E-state index in [1.54, 1.807) is 0 Å². The predicted molar refractivity (Wildman–Crippen MR) is 83.8 cm³/mol. The average Bonchev–Trinajstić information content (AvgIpc) is 3.00. The highest BCUT2D eigenvalue weighted by Gasteiger charge is 3.00. The summed E-state index contributed by atoms with van der Waals surface area (Å²) in [5.74, 6) is -0.616. The van der Waals surface area contributed by atoms with Gasteiger partial charge in [0.25, 0.3) is 5.91 Å². The summed E-state index contributed by atoms with van der Waals surface area (Å²) in [6.45, 7) is 2.19. The van der Waals surface area contributed by atoms with Gasteiger partial charge in [0.1, 0.15) is 11.3 Å². The number of fused-ring (bicyclic) bond motifs is 3. The quantitative estimate of drug-likeness (QED) is 0.801. The fraction of sp³-hybridized carbons (Fsp3) is 0.824. The molecule has 0 bridgehead atoms. The third-order valence-electron chi connectivity index (χ3n) is 6.61. The molecular formula is C17H24N4O2. The minimum Gasteiger partial charge on any atom is -0.386 e. The third kappa shape index (κ3) is 1.39. The number of hydrogen-bond acceptors (Lipinski definition) is 6. The Morgan fingerprint density at radius 2 is 1.83 bits per heavy atom. The number of nitriles is 2. The summed E-state index contributed by atoms with van der Waals surface area (Å²) in [7, 11) is 2.92. The van der Waals surface area contributed by atoms with Crippen LogP contribution in [0, 0.1) is 44.8 Å². The van der Waals surface area contributed by atoms with Crippen LogP contribution in [0.5, 0.6) is 0 Å². The van der Waals surface area contributed by atoms with Gasteiger partial charge in [-0.3, -0.25) is 0 Å². The summed E-state index contributed by atoms with van der Waals surface area (Å²) < 4.78 is 11.1. The Hall–Kier alpha value is -1.63. The van der Waals surface area contributed by atoms with Gasteiger partial charge in [-0.15, -0.1) is 0 Å². The van der Waals surface area contributed by atoms with E-state index in [9.17, 15) is 10.5 Å². The molecule has 0 aromatic rings. The van der Waals surface area contributed by atoms with Crippen LogP contribution in [0.15, 0.2) is 4.99 Å². The molecule has 2 aliphatic carbocycles. The van der Waals surface area contributed by atoms with E-state index in [1.807, 2.05) is 0 Å². The molecule has 124 valence electrons. The van der Waals surface area contributed by atoms with Crippen LogP contribution in [0.3, 0.4) is 0 Å². The molecule has 0 aromatic carbocycles. The Labute approximate surface area is 137 Å². The van der Waals surface area contributed by atoms with Crippen molar-refractivity contribution >= 4 is 5.84 Å². The van der Waals surface area contributed by atoms with Crippen LogP contribution in [-0.2, 0) is 9.47 Å². The van der Waals surface area contributed by atoms with E-state index < -0.39 is 22.2 Å². The van der Waals surface area contributed by atoms with E-state index in [4.69, 9.17) is 15.2 Å². The van der Waals surface area contributed by atoms with Crippen LogP contribution in [0.25, 0.3) is 0 Å². The number of nitrogens with zero attached hydrogens (tertiary/aromatic N) is 3. The van der Waals surface area contributed by atoms with Gasteiger partial charge in [0.05, 0.1) is 12.1 Å². The van der Waals surface area contributed by atoms with Crippen LogP contribution >= 0.6 is 0 Å². The Balaban J connectivity index is 2.07. The predicted octanol–water partition coefficient (Wildman–Crippen LogP) is 2.31. The highest BCUT2D eigenvalue weighted by molar-refractivity contribution is 6.00. The highest BCUT2D eigenvalue weighted by Crippen LogP contribution is 2.89. The van der Waals surface area contributed by atoms with E-state index in [0.717, 1.165) is 32.1 Å². The molecule has 6 nitrogen and oxygen atoms in total. The maximum atomic E-state index is 10.1. The lowest BCUT2D eigenvalue weighted by Crippen LogP contribution is -2.44. The number of rotatable bonds is 4. The molecule has 2 N–H and O–H groups in total. The standard InChI is InChI=1S/C17H24N4O2/c1-4-5-12-6-8-14(9-7-12)15(10-18)13(20)21-17(22-2,23-3)16(14,15)11-19/h12H,4-9H2,1-3H3,(H2,20,21)/t12?,14?,15-,16+/m0/s1.